The Morgan fingerprint density at radius 1 is 1.00 bits per heavy atom. The number of likely N-dealkylation sites (N-methyl/N-ethyl adjacent to an activating group) is 1. The average molecular weight is 387 g/mol. The Kier molecular flexibility index (Phi) is 5.41. The smallest absolute Gasteiger partial charge is 0.338 e. The van der Waals surface area contributed by atoms with E-state index in [0.717, 1.165) is 25.5 Å². The summed E-state index contributed by atoms with van der Waals surface area (Å²) in [5.74, 6) is -1.75. The third kappa shape index (κ3) is 4.23. The van der Waals surface area contributed by atoms with Gasteiger partial charge < -0.3 is 9.80 Å². The topological polar surface area (TPSA) is 43.9 Å². The standard InChI is InChI=1S/C18H21F4N3O2/c1-23-4-2-3-15(23)17(27)25-7-5-24(6-8-25)16(26)12-9-13(18(20,21)22)11-14(19)10-12/h9-11,15H,2-8H2,1H3. The van der Waals surface area contributed by atoms with E-state index >= 15 is 0 Å². The lowest BCUT2D eigenvalue weighted by Gasteiger charge is -2.37. The summed E-state index contributed by atoms with van der Waals surface area (Å²) in [6, 6.07) is 1.69. The van der Waals surface area contributed by atoms with E-state index in [1.165, 1.54) is 4.90 Å². The molecule has 0 bridgehead atoms. The largest absolute Gasteiger partial charge is 0.416 e. The van der Waals surface area contributed by atoms with Gasteiger partial charge >= 0.3 is 6.18 Å². The Bertz CT molecular complexity index is 730. The molecule has 5 nitrogen and oxygen atoms in total. The lowest BCUT2D eigenvalue weighted by Crippen LogP contribution is -2.54. The average Bonchev–Trinajstić information content (AvgIpc) is 3.05. The number of hydrogen-bond donors (Lipinski definition) is 0. The molecule has 2 fully saturated rings. The molecule has 9 heteroatoms. The highest BCUT2D eigenvalue weighted by Gasteiger charge is 2.35. The number of hydrogen-bond acceptors (Lipinski definition) is 3. The monoisotopic (exact) mass is 387 g/mol. The molecule has 1 atom stereocenters. The number of likely N-dealkylation sites (tertiary alicyclic amines) is 1. The maximum atomic E-state index is 13.5. The fourth-order valence-electron chi connectivity index (χ4n) is 3.62. The summed E-state index contributed by atoms with van der Waals surface area (Å²) in [7, 11) is 1.90. The highest BCUT2D eigenvalue weighted by Crippen LogP contribution is 2.30. The van der Waals surface area contributed by atoms with Crippen molar-refractivity contribution in [1.82, 2.24) is 14.7 Å². The Morgan fingerprint density at radius 3 is 2.19 bits per heavy atom. The molecule has 2 aliphatic heterocycles. The van der Waals surface area contributed by atoms with Crippen molar-refractivity contribution in [1.29, 1.82) is 0 Å². The second-order valence-electron chi connectivity index (χ2n) is 6.98. The summed E-state index contributed by atoms with van der Waals surface area (Å²) >= 11 is 0. The summed E-state index contributed by atoms with van der Waals surface area (Å²) in [6.45, 7) is 1.92. The molecule has 1 aromatic carbocycles. The van der Waals surface area contributed by atoms with Gasteiger partial charge in [-0.25, -0.2) is 4.39 Å². The molecule has 0 radical (unpaired) electrons. The van der Waals surface area contributed by atoms with Gasteiger partial charge in [0.25, 0.3) is 5.91 Å². The molecule has 2 heterocycles. The quantitative estimate of drug-likeness (QED) is 0.731. The maximum absolute atomic E-state index is 13.5. The summed E-state index contributed by atoms with van der Waals surface area (Å²) in [6.07, 6.45) is -2.96. The predicted molar refractivity (Wildman–Crippen MR) is 89.5 cm³/mol. The van der Waals surface area contributed by atoms with E-state index in [0.29, 0.717) is 25.2 Å². The van der Waals surface area contributed by atoms with Crippen molar-refractivity contribution in [2.75, 3.05) is 39.8 Å². The molecule has 1 aromatic rings. The third-order valence-electron chi connectivity index (χ3n) is 5.16. The number of carbonyl (C=O) groups is 2. The van der Waals surface area contributed by atoms with Crippen LogP contribution < -0.4 is 0 Å². The number of rotatable bonds is 2. The van der Waals surface area contributed by atoms with E-state index < -0.39 is 23.5 Å². The molecular formula is C18H21F4N3O2. The zero-order valence-corrected chi connectivity index (χ0v) is 14.9. The molecule has 0 aliphatic carbocycles. The van der Waals surface area contributed by atoms with Gasteiger partial charge in [-0.2, -0.15) is 13.2 Å². The van der Waals surface area contributed by atoms with Crippen LogP contribution in [0, 0.1) is 5.82 Å². The van der Waals surface area contributed by atoms with Gasteiger partial charge in [-0.15, -0.1) is 0 Å². The Morgan fingerprint density at radius 2 is 1.63 bits per heavy atom. The van der Waals surface area contributed by atoms with Crippen molar-refractivity contribution in [2.45, 2.75) is 25.1 Å². The second kappa shape index (κ2) is 7.46. The predicted octanol–water partition coefficient (Wildman–Crippen LogP) is 2.22. The van der Waals surface area contributed by atoms with Gasteiger partial charge in [-0.1, -0.05) is 0 Å². The number of alkyl halides is 3. The normalized spacial score (nSPS) is 21.6. The molecule has 148 valence electrons. The first-order valence-electron chi connectivity index (χ1n) is 8.83. The van der Waals surface area contributed by atoms with Gasteiger partial charge in [-0.05, 0) is 44.6 Å². The van der Waals surface area contributed by atoms with Crippen molar-refractivity contribution in [3.05, 3.63) is 35.1 Å². The van der Waals surface area contributed by atoms with Crippen molar-refractivity contribution in [3.63, 3.8) is 0 Å². The number of piperazine rings is 1. The van der Waals surface area contributed by atoms with Crippen LogP contribution in [0.4, 0.5) is 17.6 Å². The van der Waals surface area contributed by atoms with Crippen LogP contribution in [0.2, 0.25) is 0 Å². The number of benzene rings is 1. The van der Waals surface area contributed by atoms with Crippen LogP contribution >= 0.6 is 0 Å². The van der Waals surface area contributed by atoms with E-state index in [4.69, 9.17) is 0 Å². The Labute approximate surface area is 154 Å². The molecule has 3 rings (SSSR count). The third-order valence-corrected chi connectivity index (χ3v) is 5.16. The van der Waals surface area contributed by atoms with Gasteiger partial charge in [0.2, 0.25) is 5.91 Å². The van der Waals surface area contributed by atoms with E-state index in [1.54, 1.807) is 4.90 Å². The lowest BCUT2D eigenvalue weighted by atomic mass is 10.1. The SMILES string of the molecule is CN1CCCC1C(=O)N1CCN(C(=O)c2cc(F)cc(C(F)(F)F)c2)CC1. The number of amides is 2. The number of nitrogens with zero attached hydrogens (tertiary/aromatic N) is 3. The van der Waals surface area contributed by atoms with Crippen LogP contribution in [0.3, 0.4) is 0 Å². The zero-order valence-electron chi connectivity index (χ0n) is 14.9. The molecule has 2 aliphatic rings. The van der Waals surface area contributed by atoms with Crippen LogP contribution in [-0.2, 0) is 11.0 Å². The van der Waals surface area contributed by atoms with Gasteiger partial charge in [0.05, 0.1) is 11.6 Å². The van der Waals surface area contributed by atoms with Crippen molar-refractivity contribution in [2.24, 2.45) is 0 Å². The summed E-state index contributed by atoms with van der Waals surface area (Å²) in [4.78, 5) is 30.1. The summed E-state index contributed by atoms with van der Waals surface area (Å²) < 4.78 is 52.0. The molecule has 0 saturated carbocycles. The first-order chi connectivity index (χ1) is 12.7. The van der Waals surface area contributed by atoms with E-state index in [9.17, 15) is 27.2 Å². The molecule has 0 aromatic heterocycles. The van der Waals surface area contributed by atoms with Gasteiger partial charge in [-0.3, -0.25) is 14.5 Å². The van der Waals surface area contributed by atoms with Crippen molar-refractivity contribution < 1.29 is 27.2 Å². The second-order valence-corrected chi connectivity index (χ2v) is 6.98. The highest BCUT2D eigenvalue weighted by molar-refractivity contribution is 5.94. The highest BCUT2D eigenvalue weighted by atomic mass is 19.4. The maximum Gasteiger partial charge on any atom is 0.416 e. The molecule has 0 N–H and O–H groups in total. The molecule has 1 unspecified atom stereocenters. The minimum absolute atomic E-state index is 0.0206. The number of halogens is 4. The molecule has 2 saturated heterocycles. The minimum atomic E-state index is -4.73. The Balaban J connectivity index is 1.65. The lowest BCUT2D eigenvalue weighted by molar-refractivity contribution is -0.138. The van der Waals surface area contributed by atoms with Gasteiger partial charge in [0, 0.05) is 31.7 Å². The Hall–Kier alpha value is -2.16. The van der Waals surface area contributed by atoms with Crippen LogP contribution in [0.5, 0.6) is 0 Å². The van der Waals surface area contributed by atoms with Crippen LogP contribution in [0.15, 0.2) is 18.2 Å². The van der Waals surface area contributed by atoms with Gasteiger partial charge in [0.1, 0.15) is 5.82 Å². The fraction of sp³-hybridized carbons (Fsp3) is 0.556. The molecule has 27 heavy (non-hydrogen) atoms. The van der Waals surface area contributed by atoms with E-state index in [1.807, 2.05) is 11.9 Å². The fourth-order valence-corrected chi connectivity index (χ4v) is 3.62. The summed E-state index contributed by atoms with van der Waals surface area (Å²) in [5, 5.41) is 0. The van der Waals surface area contributed by atoms with E-state index in [-0.39, 0.29) is 30.6 Å². The molecule has 0 spiro atoms. The first-order valence-corrected chi connectivity index (χ1v) is 8.83. The van der Waals surface area contributed by atoms with Crippen LogP contribution in [0.1, 0.15) is 28.8 Å². The number of carbonyl (C=O) groups excluding carboxylic acids is 2. The molecular weight excluding hydrogens is 366 g/mol. The van der Waals surface area contributed by atoms with Crippen molar-refractivity contribution in [3.8, 4) is 0 Å². The minimum Gasteiger partial charge on any atom is -0.338 e. The first kappa shape index (κ1) is 19.6. The van der Waals surface area contributed by atoms with Crippen LogP contribution in [-0.4, -0.2) is 72.3 Å². The zero-order chi connectivity index (χ0) is 19.8. The molecule has 2 amide bonds. The summed E-state index contributed by atoms with van der Waals surface area (Å²) in [5.41, 5.74) is -1.53. The van der Waals surface area contributed by atoms with Crippen molar-refractivity contribution >= 4 is 11.8 Å². The van der Waals surface area contributed by atoms with Crippen LogP contribution in [0.25, 0.3) is 0 Å². The van der Waals surface area contributed by atoms with E-state index in [2.05, 4.69) is 0 Å². The van der Waals surface area contributed by atoms with Gasteiger partial charge in [0.15, 0.2) is 0 Å².